The first-order chi connectivity index (χ1) is 8.66. The van der Waals surface area contributed by atoms with Gasteiger partial charge >= 0.3 is 5.97 Å². The molecule has 5 heteroatoms. The Morgan fingerprint density at radius 3 is 2.72 bits per heavy atom. The molecule has 1 fully saturated rings. The first-order valence-corrected chi connectivity index (χ1v) is 5.75. The molecule has 1 aromatic carbocycles. The van der Waals surface area contributed by atoms with Gasteiger partial charge in [0.2, 0.25) is 0 Å². The molecule has 1 heterocycles. The summed E-state index contributed by atoms with van der Waals surface area (Å²) >= 11 is 0. The van der Waals surface area contributed by atoms with Crippen LogP contribution in [0.1, 0.15) is 34.9 Å². The summed E-state index contributed by atoms with van der Waals surface area (Å²) in [6, 6.07) is 7.56. The van der Waals surface area contributed by atoms with Crippen molar-refractivity contribution in [3.8, 4) is 5.69 Å². The average Bonchev–Trinajstić information content (AvgIpc) is 3.09. The van der Waals surface area contributed by atoms with Gasteiger partial charge in [0.15, 0.2) is 5.69 Å². The van der Waals surface area contributed by atoms with Gasteiger partial charge in [0.05, 0.1) is 5.69 Å². The molecule has 2 aromatic rings. The molecule has 92 valence electrons. The molecule has 0 radical (unpaired) electrons. The number of aromatic carboxylic acids is 1. The molecule has 0 unspecified atom stereocenters. The van der Waals surface area contributed by atoms with E-state index in [4.69, 9.17) is 5.11 Å². The SMILES string of the molecule is O=C(O)c1cc(C2CC2)nn1-c1ccccc1F. The largest absolute Gasteiger partial charge is 0.477 e. The van der Waals surface area contributed by atoms with Gasteiger partial charge in [-0.1, -0.05) is 12.1 Å². The number of benzene rings is 1. The van der Waals surface area contributed by atoms with Crippen LogP contribution in [0.4, 0.5) is 4.39 Å². The topological polar surface area (TPSA) is 55.1 Å². The van der Waals surface area contributed by atoms with Crippen molar-refractivity contribution in [3.63, 3.8) is 0 Å². The van der Waals surface area contributed by atoms with Crippen LogP contribution in [0.5, 0.6) is 0 Å². The van der Waals surface area contributed by atoms with Crippen molar-refractivity contribution in [1.29, 1.82) is 0 Å². The third-order valence-electron chi connectivity index (χ3n) is 3.02. The fraction of sp³-hybridized carbons (Fsp3) is 0.231. The van der Waals surface area contributed by atoms with Gasteiger partial charge in [-0.15, -0.1) is 0 Å². The van der Waals surface area contributed by atoms with Crippen molar-refractivity contribution in [2.45, 2.75) is 18.8 Å². The smallest absolute Gasteiger partial charge is 0.354 e. The van der Waals surface area contributed by atoms with E-state index in [9.17, 15) is 9.18 Å². The van der Waals surface area contributed by atoms with Gasteiger partial charge in [-0.05, 0) is 31.0 Å². The van der Waals surface area contributed by atoms with Crippen LogP contribution < -0.4 is 0 Å². The maximum absolute atomic E-state index is 13.7. The summed E-state index contributed by atoms with van der Waals surface area (Å²) in [4.78, 5) is 11.2. The zero-order valence-corrected chi connectivity index (χ0v) is 9.51. The number of carbonyl (C=O) groups is 1. The molecule has 4 nitrogen and oxygen atoms in total. The molecule has 0 aliphatic heterocycles. The van der Waals surface area contributed by atoms with Crippen molar-refractivity contribution in [1.82, 2.24) is 9.78 Å². The summed E-state index contributed by atoms with van der Waals surface area (Å²) in [5.74, 6) is -1.25. The van der Waals surface area contributed by atoms with E-state index in [1.807, 2.05) is 0 Å². The number of hydrogen-bond donors (Lipinski definition) is 1. The lowest BCUT2D eigenvalue weighted by molar-refractivity contribution is 0.0687. The molecule has 3 rings (SSSR count). The number of carboxylic acids is 1. The highest BCUT2D eigenvalue weighted by atomic mass is 19.1. The lowest BCUT2D eigenvalue weighted by Crippen LogP contribution is -2.09. The van der Waals surface area contributed by atoms with E-state index in [1.54, 1.807) is 12.1 Å². The first-order valence-electron chi connectivity index (χ1n) is 5.75. The fourth-order valence-corrected chi connectivity index (χ4v) is 1.94. The minimum absolute atomic E-state index is 0.00185. The third kappa shape index (κ3) is 1.77. The minimum atomic E-state index is -1.10. The lowest BCUT2D eigenvalue weighted by atomic mass is 10.2. The van der Waals surface area contributed by atoms with E-state index in [2.05, 4.69) is 5.10 Å². The molecule has 0 saturated heterocycles. The van der Waals surface area contributed by atoms with Crippen LogP contribution in [0.2, 0.25) is 0 Å². The summed E-state index contributed by atoms with van der Waals surface area (Å²) in [5.41, 5.74) is 0.902. The van der Waals surface area contributed by atoms with E-state index >= 15 is 0 Å². The molecule has 18 heavy (non-hydrogen) atoms. The van der Waals surface area contributed by atoms with Gasteiger partial charge in [0.1, 0.15) is 11.5 Å². The van der Waals surface area contributed by atoms with Crippen molar-refractivity contribution in [2.24, 2.45) is 0 Å². The van der Waals surface area contributed by atoms with E-state index < -0.39 is 11.8 Å². The fourth-order valence-electron chi connectivity index (χ4n) is 1.94. The van der Waals surface area contributed by atoms with Gasteiger partial charge in [-0.2, -0.15) is 5.10 Å². The van der Waals surface area contributed by atoms with Crippen molar-refractivity contribution in [2.75, 3.05) is 0 Å². The molecule has 1 aliphatic carbocycles. The second-order valence-corrected chi connectivity index (χ2v) is 4.40. The summed E-state index contributed by atoms with van der Waals surface area (Å²) in [7, 11) is 0. The van der Waals surface area contributed by atoms with Crippen LogP contribution in [0.15, 0.2) is 30.3 Å². The highest BCUT2D eigenvalue weighted by molar-refractivity contribution is 5.86. The zero-order valence-electron chi connectivity index (χ0n) is 9.51. The second-order valence-electron chi connectivity index (χ2n) is 4.40. The van der Waals surface area contributed by atoms with Gasteiger partial charge < -0.3 is 5.11 Å². The molecule has 1 saturated carbocycles. The zero-order chi connectivity index (χ0) is 12.7. The van der Waals surface area contributed by atoms with Crippen LogP contribution in [0.3, 0.4) is 0 Å². The Bertz CT molecular complexity index is 617. The Kier molecular flexibility index (Phi) is 2.40. The van der Waals surface area contributed by atoms with Crippen LogP contribution in [-0.4, -0.2) is 20.9 Å². The molecule has 0 amide bonds. The average molecular weight is 246 g/mol. The molecular formula is C13H11FN2O2. The summed E-state index contributed by atoms with van der Waals surface area (Å²) in [6.07, 6.45) is 2.04. The Morgan fingerprint density at radius 2 is 2.11 bits per heavy atom. The number of aromatic nitrogens is 2. The summed E-state index contributed by atoms with van der Waals surface area (Å²) in [6.45, 7) is 0. The van der Waals surface area contributed by atoms with E-state index in [1.165, 1.54) is 22.9 Å². The summed E-state index contributed by atoms with van der Waals surface area (Å²) in [5, 5.41) is 13.4. The first kappa shape index (κ1) is 11.0. The highest BCUT2D eigenvalue weighted by Gasteiger charge is 2.29. The minimum Gasteiger partial charge on any atom is -0.477 e. The Morgan fingerprint density at radius 1 is 1.39 bits per heavy atom. The monoisotopic (exact) mass is 246 g/mol. The van der Waals surface area contributed by atoms with E-state index in [-0.39, 0.29) is 11.4 Å². The quantitative estimate of drug-likeness (QED) is 0.905. The van der Waals surface area contributed by atoms with Crippen LogP contribution in [-0.2, 0) is 0 Å². The van der Waals surface area contributed by atoms with E-state index in [0.29, 0.717) is 5.92 Å². The third-order valence-corrected chi connectivity index (χ3v) is 3.02. The van der Waals surface area contributed by atoms with Crippen molar-refractivity contribution < 1.29 is 14.3 Å². The van der Waals surface area contributed by atoms with Crippen LogP contribution >= 0.6 is 0 Å². The number of halogens is 1. The number of rotatable bonds is 3. The number of carboxylic acid groups (broad SMARTS) is 1. The Hall–Kier alpha value is -2.17. The van der Waals surface area contributed by atoms with Gasteiger partial charge in [-0.25, -0.2) is 13.9 Å². The molecule has 1 N–H and O–H groups in total. The molecule has 1 aliphatic rings. The Labute approximate surface area is 103 Å². The molecule has 0 atom stereocenters. The van der Waals surface area contributed by atoms with Gasteiger partial charge in [0, 0.05) is 5.92 Å². The number of para-hydroxylation sites is 1. The molecule has 1 aromatic heterocycles. The lowest BCUT2D eigenvalue weighted by Gasteiger charge is -2.05. The highest BCUT2D eigenvalue weighted by Crippen LogP contribution is 2.39. The maximum Gasteiger partial charge on any atom is 0.354 e. The maximum atomic E-state index is 13.7. The predicted molar refractivity (Wildman–Crippen MR) is 62.5 cm³/mol. The number of nitrogens with zero attached hydrogens (tertiary/aromatic N) is 2. The van der Waals surface area contributed by atoms with E-state index in [0.717, 1.165) is 18.5 Å². The van der Waals surface area contributed by atoms with Crippen molar-refractivity contribution >= 4 is 5.97 Å². The molecular weight excluding hydrogens is 235 g/mol. The second kappa shape index (κ2) is 3.94. The van der Waals surface area contributed by atoms with Crippen LogP contribution in [0, 0.1) is 5.82 Å². The standard InChI is InChI=1S/C13H11FN2O2/c14-9-3-1-2-4-11(9)16-12(13(17)18)7-10(15-16)8-5-6-8/h1-4,7-8H,5-6H2,(H,17,18). The van der Waals surface area contributed by atoms with Crippen molar-refractivity contribution in [3.05, 3.63) is 47.5 Å². The van der Waals surface area contributed by atoms with Crippen LogP contribution in [0.25, 0.3) is 5.69 Å². The normalized spacial score (nSPS) is 14.7. The predicted octanol–water partition coefficient (Wildman–Crippen LogP) is 2.59. The summed E-state index contributed by atoms with van der Waals surface area (Å²) < 4.78 is 14.9. The number of hydrogen-bond acceptors (Lipinski definition) is 2. The Balaban J connectivity index is 2.15. The molecule has 0 bridgehead atoms. The molecule has 0 spiro atoms. The van der Waals surface area contributed by atoms with Gasteiger partial charge in [0.25, 0.3) is 0 Å². The van der Waals surface area contributed by atoms with Gasteiger partial charge in [-0.3, -0.25) is 0 Å².